The van der Waals surface area contributed by atoms with Gasteiger partial charge in [0, 0.05) is 24.5 Å². The first kappa shape index (κ1) is 20.8. The second-order valence-corrected chi connectivity index (χ2v) is 7.33. The average Bonchev–Trinajstić information content (AvgIpc) is 3.09. The van der Waals surface area contributed by atoms with Crippen molar-refractivity contribution in [1.82, 2.24) is 19.7 Å². The molecule has 0 atom stereocenters. The van der Waals surface area contributed by atoms with Crippen molar-refractivity contribution in [3.63, 3.8) is 0 Å². The van der Waals surface area contributed by atoms with Crippen molar-refractivity contribution >= 4 is 11.6 Å². The summed E-state index contributed by atoms with van der Waals surface area (Å²) in [6, 6.07) is 3.63. The Bertz CT molecular complexity index is 1130. The van der Waals surface area contributed by atoms with E-state index in [0.29, 0.717) is 47.8 Å². The molecule has 0 fully saturated rings. The Kier molecular flexibility index (Phi) is 5.38. The fraction of sp³-hybridized carbons (Fsp3) is 0.333. The van der Waals surface area contributed by atoms with E-state index < -0.39 is 12.7 Å². The molecule has 0 unspecified atom stereocenters. The van der Waals surface area contributed by atoms with Crippen molar-refractivity contribution in [2.45, 2.75) is 32.5 Å². The first-order valence-electron chi connectivity index (χ1n) is 9.66. The Morgan fingerprint density at radius 1 is 1.19 bits per heavy atom. The molecule has 3 aromatic heterocycles. The molecule has 3 aromatic rings. The lowest BCUT2D eigenvalue weighted by molar-refractivity contribution is -0.142. The molecule has 4 heterocycles. The molecule has 1 aliphatic heterocycles. The zero-order valence-corrected chi connectivity index (χ0v) is 17.0. The molecule has 0 spiro atoms. The van der Waals surface area contributed by atoms with E-state index in [-0.39, 0.29) is 5.91 Å². The van der Waals surface area contributed by atoms with E-state index in [1.54, 1.807) is 19.5 Å². The average molecular weight is 431 g/mol. The summed E-state index contributed by atoms with van der Waals surface area (Å²) >= 11 is 0. The number of aryl methyl sites for hydroxylation is 2. The van der Waals surface area contributed by atoms with Crippen LogP contribution in [0.4, 0.5) is 18.9 Å². The van der Waals surface area contributed by atoms with E-state index in [1.165, 1.54) is 17.3 Å². The van der Waals surface area contributed by atoms with Gasteiger partial charge in [0.25, 0.3) is 5.91 Å². The Labute approximate surface area is 176 Å². The van der Waals surface area contributed by atoms with E-state index in [2.05, 4.69) is 10.1 Å². The number of carbonyl (C=O) groups is 1. The summed E-state index contributed by atoms with van der Waals surface area (Å²) in [4.78, 5) is 23.6. The topological polar surface area (TPSA) is 73.1 Å². The SMILES string of the molecule is COc1cncc(-c2cc(C)c3c(n2)CCCN(c2cnn(CC(F)(F)F)c2)C3=O)c1. The minimum Gasteiger partial charge on any atom is -0.495 e. The highest BCUT2D eigenvalue weighted by Gasteiger charge is 2.31. The largest absolute Gasteiger partial charge is 0.495 e. The maximum atomic E-state index is 13.3. The first-order valence-corrected chi connectivity index (χ1v) is 9.66. The zero-order valence-electron chi connectivity index (χ0n) is 17.0. The number of ether oxygens (including phenoxy) is 1. The van der Waals surface area contributed by atoms with Gasteiger partial charge in [0.05, 0.1) is 42.1 Å². The molecular weight excluding hydrogens is 411 g/mol. The number of hydrogen-bond acceptors (Lipinski definition) is 5. The molecule has 0 aliphatic carbocycles. The zero-order chi connectivity index (χ0) is 22.2. The highest BCUT2D eigenvalue weighted by molar-refractivity contribution is 6.08. The number of pyridine rings is 2. The number of amides is 1. The molecule has 10 heteroatoms. The molecule has 4 rings (SSSR count). The summed E-state index contributed by atoms with van der Waals surface area (Å²) < 4.78 is 44.0. The molecule has 0 aromatic carbocycles. The molecule has 1 amide bonds. The number of nitrogens with zero attached hydrogens (tertiary/aromatic N) is 5. The highest BCUT2D eigenvalue weighted by atomic mass is 19.4. The number of rotatable bonds is 4. The van der Waals surface area contributed by atoms with Crippen LogP contribution in [0.2, 0.25) is 0 Å². The van der Waals surface area contributed by atoms with Crippen LogP contribution in [0.1, 0.15) is 28.0 Å². The summed E-state index contributed by atoms with van der Waals surface area (Å²) in [6.45, 7) is 0.985. The Morgan fingerprint density at radius 3 is 2.74 bits per heavy atom. The van der Waals surface area contributed by atoms with Crippen LogP contribution in [-0.2, 0) is 13.0 Å². The van der Waals surface area contributed by atoms with Crippen LogP contribution >= 0.6 is 0 Å². The van der Waals surface area contributed by atoms with Crippen LogP contribution in [0.3, 0.4) is 0 Å². The van der Waals surface area contributed by atoms with Crippen LogP contribution < -0.4 is 9.64 Å². The third kappa shape index (κ3) is 4.37. The van der Waals surface area contributed by atoms with E-state index in [9.17, 15) is 18.0 Å². The number of alkyl halides is 3. The van der Waals surface area contributed by atoms with E-state index in [0.717, 1.165) is 15.8 Å². The van der Waals surface area contributed by atoms with E-state index >= 15 is 0 Å². The molecule has 0 bridgehead atoms. The number of halogens is 3. The maximum Gasteiger partial charge on any atom is 0.408 e. The van der Waals surface area contributed by atoms with Gasteiger partial charge in [-0.05, 0) is 37.5 Å². The van der Waals surface area contributed by atoms with Gasteiger partial charge < -0.3 is 9.64 Å². The minimum absolute atomic E-state index is 0.292. The van der Waals surface area contributed by atoms with E-state index in [1.807, 2.05) is 19.1 Å². The Hall–Kier alpha value is -3.43. The Balaban J connectivity index is 1.67. The molecule has 31 heavy (non-hydrogen) atoms. The highest BCUT2D eigenvalue weighted by Crippen LogP contribution is 2.29. The number of methoxy groups -OCH3 is 1. The molecule has 0 radical (unpaired) electrons. The second-order valence-electron chi connectivity index (χ2n) is 7.33. The summed E-state index contributed by atoms with van der Waals surface area (Å²) in [5.41, 5.74) is 3.66. The summed E-state index contributed by atoms with van der Waals surface area (Å²) in [7, 11) is 1.56. The lowest BCUT2D eigenvalue weighted by atomic mass is 10.0. The van der Waals surface area contributed by atoms with Crippen molar-refractivity contribution in [3.05, 3.63) is 53.7 Å². The van der Waals surface area contributed by atoms with Crippen LogP contribution in [-0.4, -0.2) is 45.5 Å². The van der Waals surface area contributed by atoms with Crippen molar-refractivity contribution < 1.29 is 22.7 Å². The number of fused-ring (bicyclic) bond motifs is 1. The smallest absolute Gasteiger partial charge is 0.408 e. The van der Waals surface area contributed by atoms with Gasteiger partial charge in [-0.15, -0.1) is 0 Å². The monoisotopic (exact) mass is 431 g/mol. The van der Waals surface area contributed by atoms with Crippen molar-refractivity contribution in [1.29, 1.82) is 0 Å². The molecular formula is C21H20F3N5O2. The number of aromatic nitrogens is 4. The van der Waals surface area contributed by atoms with Gasteiger partial charge in [0.15, 0.2) is 0 Å². The van der Waals surface area contributed by atoms with E-state index in [4.69, 9.17) is 9.72 Å². The van der Waals surface area contributed by atoms with Gasteiger partial charge in [0.1, 0.15) is 12.3 Å². The van der Waals surface area contributed by atoms with Crippen LogP contribution in [0.5, 0.6) is 5.75 Å². The first-order chi connectivity index (χ1) is 14.7. The predicted molar refractivity (Wildman–Crippen MR) is 107 cm³/mol. The van der Waals surface area contributed by atoms with Crippen molar-refractivity contribution in [3.8, 4) is 17.0 Å². The molecule has 0 N–H and O–H groups in total. The van der Waals surface area contributed by atoms with Gasteiger partial charge >= 0.3 is 6.18 Å². The summed E-state index contributed by atoms with van der Waals surface area (Å²) in [5, 5.41) is 3.76. The summed E-state index contributed by atoms with van der Waals surface area (Å²) in [6.07, 6.45) is 2.61. The molecule has 162 valence electrons. The number of hydrogen-bond donors (Lipinski definition) is 0. The van der Waals surface area contributed by atoms with Crippen LogP contribution in [0, 0.1) is 6.92 Å². The second kappa shape index (κ2) is 8.01. The Morgan fingerprint density at radius 2 is 2.00 bits per heavy atom. The maximum absolute atomic E-state index is 13.3. The third-order valence-electron chi connectivity index (χ3n) is 5.06. The fourth-order valence-electron chi connectivity index (χ4n) is 3.68. The van der Waals surface area contributed by atoms with Crippen molar-refractivity contribution in [2.75, 3.05) is 18.6 Å². The number of anilines is 1. The number of carbonyl (C=O) groups excluding carboxylic acids is 1. The normalized spacial score (nSPS) is 14.4. The third-order valence-corrected chi connectivity index (χ3v) is 5.06. The lowest BCUT2D eigenvalue weighted by Gasteiger charge is -2.20. The van der Waals surface area contributed by atoms with Gasteiger partial charge in [-0.1, -0.05) is 0 Å². The quantitative estimate of drug-likeness (QED) is 0.628. The standard InChI is InChI=1S/C21H20F3N5O2/c1-13-6-18(14-7-16(31-2)10-25-8-14)27-17-4-3-5-29(20(30)19(13)17)15-9-26-28(11-15)12-21(22,23)24/h6-11H,3-5,12H2,1-2H3. The van der Waals surface area contributed by atoms with Gasteiger partial charge in [-0.3, -0.25) is 19.4 Å². The minimum atomic E-state index is -4.38. The predicted octanol–water partition coefficient (Wildman–Crippen LogP) is 3.81. The molecule has 0 saturated carbocycles. The van der Waals surface area contributed by atoms with Crippen LogP contribution in [0.25, 0.3) is 11.3 Å². The van der Waals surface area contributed by atoms with Crippen LogP contribution in [0.15, 0.2) is 36.9 Å². The fourth-order valence-corrected chi connectivity index (χ4v) is 3.68. The van der Waals surface area contributed by atoms with Gasteiger partial charge in [0.2, 0.25) is 0 Å². The van der Waals surface area contributed by atoms with Crippen molar-refractivity contribution in [2.24, 2.45) is 0 Å². The summed E-state index contributed by atoms with van der Waals surface area (Å²) in [5.74, 6) is 0.310. The molecule has 0 saturated heterocycles. The lowest BCUT2D eigenvalue weighted by Crippen LogP contribution is -2.31. The molecule has 1 aliphatic rings. The van der Waals surface area contributed by atoms with Gasteiger partial charge in [-0.25, -0.2) is 0 Å². The molecule has 7 nitrogen and oxygen atoms in total. The van der Waals surface area contributed by atoms with Gasteiger partial charge in [-0.2, -0.15) is 18.3 Å².